The van der Waals surface area contributed by atoms with Crippen LogP contribution in [-0.4, -0.2) is 51.4 Å². The number of alkyl halides is 3. The molecule has 0 aromatic carbocycles. The zero-order valence-electron chi connectivity index (χ0n) is 14.0. The lowest BCUT2D eigenvalue weighted by Gasteiger charge is -2.18. The van der Waals surface area contributed by atoms with Gasteiger partial charge in [0.25, 0.3) is 0 Å². The summed E-state index contributed by atoms with van der Waals surface area (Å²) in [6.07, 6.45) is 0.450. The number of hydrogen-bond acceptors (Lipinski definition) is 4. The van der Waals surface area contributed by atoms with Gasteiger partial charge in [-0.25, -0.2) is 9.97 Å². The fourth-order valence-corrected chi connectivity index (χ4v) is 3.89. The first-order valence-corrected chi connectivity index (χ1v) is 8.37. The molecule has 0 radical (unpaired) electrons. The Kier molecular flexibility index (Phi) is 3.95. The number of fused-ring (bicyclic) bond motifs is 3. The average molecular weight is 362 g/mol. The highest BCUT2D eigenvalue weighted by molar-refractivity contribution is 6.05. The lowest BCUT2D eigenvalue weighted by atomic mass is 9.88. The number of nitrogens with one attached hydrogen (secondary N) is 1. The van der Waals surface area contributed by atoms with E-state index in [1.807, 2.05) is 25.3 Å². The molecular formula is C18H17F3N4O. The van der Waals surface area contributed by atoms with Gasteiger partial charge in [0.2, 0.25) is 5.78 Å². The van der Waals surface area contributed by atoms with Crippen molar-refractivity contribution in [3.63, 3.8) is 0 Å². The van der Waals surface area contributed by atoms with Crippen molar-refractivity contribution in [1.82, 2.24) is 19.9 Å². The minimum atomic E-state index is -4.78. The Balaban J connectivity index is 1.70. The lowest BCUT2D eigenvalue weighted by molar-refractivity contribution is -0.171. The maximum Gasteiger partial charge on any atom is 0.451 e. The molecule has 136 valence electrons. The van der Waals surface area contributed by atoms with Gasteiger partial charge < -0.3 is 4.98 Å². The molecule has 2 unspecified atom stereocenters. The van der Waals surface area contributed by atoms with Crippen LogP contribution in [0.4, 0.5) is 13.2 Å². The van der Waals surface area contributed by atoms with Crippen LogP contribution in [0.2, 0.25) is 0 Å². The Bertz CT molecular complexity index is 981. The number of aromatic amines is 1. The second kappa shape index (κ2) is 6.05. The molecule has 5 nitrogen and oxygen atoms in total. The third-order valence-corrected chi connectivity index (χ3v) is 5.09. The van der Waals surface area contributed by atoms with Gasteiger partial charge in [-0.05, 0) is 23.6 Å². The number of nitrogens with zero attached hydrogens (tertiary/aromatic N) is 3. The molecule has 3 aromatic rings. The maximum atomic E-state index is 12.6. The van der Waals surface area contributed by atoms with Crippen molar-refractivity contribution in [2.45, 2.75) is 19.0 Å². The monoisotopic (exact) mass is 362 g/mol. The van der Waals surface area contributed by atoms with Crippen molar-refractivity contribution in [2.24, 2.45) is 5.92 Å². The van der Waals surface area contributed by atoms with Crippen molar-refractivity contribution in [3.8, 4) is 0 Å². The predicted molar refractivity (Wildman–Crippen MR) is 90.8 cm³/mol. The first-order chi connectivity index (χ1) is 12.3. The average Bonchev–Trinajstić information content (AvgIpc) is 3.19. The quantitative estimate of drug-likeness (QED) is 0.777. The number of aromatic nitrogens is 3. The molecular weight excluding hydrogens is 345 g/mol. The number of carbonyl (C=O) groups excluding carboxylic acids is 1. The van der Waals surface area contributed by atoms with E-state index in [1.54, 1.807) is 17.3 Å². The van der Waals surface area contributed by atoms with Crippen LogP contribution in [0.3, 0.4) is 0 Å². The molecule has 0 saturated carbocycles. The van der Waals surface area contributed by atoms with E-state index in [2.05, 4.69) is 15.0 Å². The van der Waals surface area contributed by atoms with E-state index in [0.717, 1.165) is 21.9 Å². The summed E-state index contributed by atoms with van der Waals surface area (Å²) in [6.45, 7) is 2.29. The Hall–Kier alpha value is -2.48. The van der Waals surface area contributed by atoms with E-state index in [9.17, 15) is 18.0 Å². The number of likely N-dealkylation sites (tertiary alicyclic amines) is 1. The Morgan fingerprint density at radius 1 is 1.31 bits per heavy atom. The van der Waals surface area contributed by atoms with Crippen LogP contribution in [0.1, 0.15) is 18.4 Å². The third kappa shape index (κ3) is 2.84. The number of H-pyrrole nitrogens is 1. The SMILES string of the molecule is CC1CN(CC(=O)C(F)(F)F)CC1c1cc[nH]c2cnc3nccc3c12. The van der Waals surface area contributed by atoms with Gasteiger partial charge in [0.05, 0.1) is 18.3 Å². The third-order valence-electron chi connectivity index (χ3n) is 5.09. The summed E-state index contributed by atoms with van der Waals surface area (Å²) in [4.78, 5) is 24.6. The summed E-state index contributed by atoms with van der Waals surface area (Å²) in [7, 11) is 0. The molecule has 0 aliphatic carbocycles. The number of Topliss-reactive ketones (excluding diaryl/α,β-unsaturated/α-hetero) is 1. The fraction of sp³-hybridized carbons (Fsp3) is 0.389. The Morgan fingerprint density at radius 3 is 2.88 bits per heavy atom. The van der Waals surface area contributed by atoms with E-state index in [4.69, 9.17) is 0 Å². The van der Waals surface area contributed by atoms with Crippen molar-refractivity contribution in [1.29, 1.82) is 0 Å². The van der Waals surface area contributed by atoms with E-state index in [1.165, 1.54) is 0 Å². The highest BCUT2D eigenvalue weighted by atomic mass is 19.4. The minimum Gasteiger partial charge on any atom is -0.360 e. The molecule has 8 heteroatoms. The van der Waals surface area contributed by atoms with E-state index in [-0.39, 0.29) is 11.8 Å². The van der Waals surface area contributed by atoms with Crippen LogP contribution in [-0.2, 0) is 4.79 Å². The number of carbonyl (C=O) groups is 1. The van der Waals surface area contributed by atoms with Crippen LogP contribution in [0, 0.1) is 5.92 Å². The highest BCUT2D eigenvalue weighted by Gasteiger charge is 2.41. The zero-order chi connectivity index (χ0) is 18.5. The molecule has 1 N–H and O–H groups in total. The zero-order valence-corrected chi connectivity index (χ0v) is 14.0. The van der Waals surface area contributed by atoms with Gasteiger partial charge in [-0.3, -0.25) is 9.69 Å². The molecule has 1 aliphatic heterocycles. The smallest absolute Gasteiger partial charge is 0.360 e. The van der Waals surface area contributed by atoms with Gasteiger partial charge in [0, 0.05) is 42.2 Å². The maximum absolute atomic E-state index is 12.6. The van der Waals surface area contributed by atoms with Crippen LogP contribution < -0.4 is 0 Å². The van der Waals surface area contributed by atoms with Crippen LogP contribution in [0.15, 0.2) is 30.7 Å². The highest BCUT2D eigenvalue weighted by Crippen LogP contribution is 2.38. The first kappa shape index (κ1) is 17.0. The molecule has 1 saturated heterocycles. The molecule has 2 atom stereocenters. The van der Waals surface area contributed by atoms with Gasteiger partial charge in [-0.2, -0.15) is 13.2 Å². The van der Waals surface area contributed by atoms with E-state index < -0.39 is 18.5 Å². The topological polar surface area (TPSA) is 61.9 Å². The second-order valence-electron chi connectivity index (χ2n) is 6.86. The van der Waals surface area contributed by atoms with Crippen LogP contribution in [0.25, 0.3) is 21.9 Å². The number of ketones is 1. The molecule has 1 aliphatic rings. The second-order valence-corrected chi connectivity index (χ2v) is 6.86. The molecule has 3 aromatic heterocycles. The van der Waals surface area contributed by atoms with Gasteiger partial charge in [-0.1, -0.05) is 6.92 Å². The number of hydrogen-bond donors (Lipinski definition) is 1. The standard InChI is InChI=1S/C18H17F3N4O/c1-10-7-25(9-15(26)18(19,20)21)8-13(10)11-2-4-22-14-6-24-17-12(16(11)14)3-5-23-17/h2-6,10,13,22H,7-9H2,1H3. The number of rotatable bonds is 3. The van der Waals surface area contributed by atoms with Gasteiger partial charge in [0.1, 0.15) is 0 Å². The summed E-state index contributed by atoms with van der Waals surface area (Å²) in [5.41, 5.74) is 2.56. The largest absolute Gasteiger partial charge is 0.451 e. The van der Waals surface area contributed by atoms with Crippen molar-refractivity contribution in [3.05, 3.63) is 36.3 Å². The van der Waals surface area contributed by atoms with Gasteiger partial charge in [-0.15, -0.1) is 0 Å². The molecule has 26 heavy (non-hydrogen) atoms. The van der Waals surface area contributed by atoms with Gasteiger partial charge >= 0.3 is 6.18 Å². The molecule has 4 rings (SSSR count). The molecule has 4 heterocycles. The Labute approximate surface area is 147 Å². The summed E-state index contributed by atoms with van der Waals surface area (Å²) in [6, 6.07) is 3.86. The van der Waals surface area contributed by atoms with E-state index in [0.29, 0.717) is 18.7 Å². The van der Waals surface area contributed by atoms with Crippen molar-refractivity contribution in [2.75, 3.05) is 19.6 Å². The minimum absolute atomic E-state index is 0.0358. The molecule has 1 fully saturated rings. The summed E-state index contributed by atoms with van der Waals surface area (Å²) < 4.78 is 37.7. The molecule has 0 amide bonds. The number of pyridine rings is 2. The first-order valence-electron chi connectivity index (χ1n) is 8.37. The fourth-order valence-electron chi connectivity index (χ4n) is 3.89. The predicted octanol–water partition coefficient (Wildman–Crippen LogP) is 3.28. The van der Waals surface area contributed by atoms with Crippen LogP contribution >= 0.6 is 0 Å². The lowest BCUT2D eigenvalue weighted by Crippen LogP contribution is -2.36. The summed E-state index contributed by atoms with van der Waals surface area (Å²) in [5.74, 6) is -1.52. The summed E-state index contributed by atoms with van der Waals surface area (Å²) >= 11 is 0. The molecule has 0 spiro atoms. The van der Waals surface area contributed by atoms with Crippen LogP contribution in [0.5, 0.6) is 0 Å². The Morgan fingerprint density at radius 2 is 2.12 bits per heavy atom. The normalized spacial score (nSPS) is 21.7. The summed E-state index contributed by atoms with van der Waals surface area (Å²) in [5, 5.41) is 1.92. The van der Waals surface area contributed by atoms with Crippen molar-refractivity contribution >= 4 is 27.7 Å². The number of halogens is 3. The van der Waals surface area contributed by atoms with E-state index >= 15 is 0 Å². The molecule has 0 bridgehead atoms. The van der Waals surface area contributed by atoms with Gasteiger partial charge in [0.15, 0.2) is 5.65 Å². The van der Waals surface area contributed by atoms with Crippen molar-refractivity contribution < 1.29 is 18.0 Å².